The lowest BCUT2D eigenvalue weighted by molar-refractivity contribution is -0.122. The van der Waals surface area contributed by atoms with Crippen molar-refractivity contribution in [2.24, 2.45) is 0 Å². The maximum atomic E-state index is 12.8. The molecule has 7 heteroatoms. The molecular formula is C26H36N2O4S. The van der Waals surface area contributed by atoms with Gasteiger partial charge in [0.1, 0.15) is 11.4 Å². The quantitative estimate of drug-likeness (QED) is 0.528. The zero-order valence-corrected chi connectivity index (χ0v) is 21.0. The van der Waals surface area contributed by atoms with E-state index in [1.165, 1.54) is 10.6 Å². The van der Waals surface area contributed by atoms with Gasteiger partial charge in [0.15, 0.2) is 0 Å². The highest BCUT2D eigenvalue weighted by molar-refractivity contribution is 7.92. The van der Waals surface area contributed by atoms with Crippen LogP contribution in [-0.2, 0) is 21.2 Å². The number of hydrogen-bond donors (Lipinski definition) is 1. The molecule has 33 heavy (non-hydrogen) atoms. The highest BCUT2D eigenvalue weighted by Crippen LogP contribution is 2.42. The lowest BCUT2D eigenvalue weighted by Crippen LogP contribution is -2.44. The third kappa shape index (κ3) is 6.08. The van der Waals surface area contributed by atoms with Crippen molar-refractivity contribution in [1.82, 2.24) is 5.32 Å². The molecule has 3 rings (SSSR count). The zero-order valence-electron chi connectivity index (χ0n) is 20.1. The molecule has 2 aromatic rings. The summed E-state index contributed by atoms with van der Waals surface area (Å²) in [4.78, 5) is 12.8. The molecule has 0 aromatic heterocycles. The number of anilines is 1. The largest absolute Gasteiger partial charge is 0.487 e. The van der Waals surface area contributed by atoms with E-state index in [0.717, 1.165) is 42.6 Å². The number of carbonyl (C=O) groups is 1. The molecule has 0 unspecified atom stereocenters. The van der Waals surface area contributed by atoms with E-state index >= 15 is 0 Å². The maximum Gasteiger partial charge on any atom is 0.232 e. The van der Waals surface area contributed by atoms with Crippen LogP contribution >= 0.6 is 0 Å². The molecular weight excluding hydrogens is 436 g/mol. The summed E-state index contributed by atoms with van der Waals surface area (Å²) in [5.41, 5.74) is 2.49. The van der Waals surface area contributed by atoms with Crippen molar-refractivity contribution in [3.8, 4) is 5.75 Å². The van der Waals surface area contributed by atoms with Gasteiger partial charge in [-0.25, -0.2) is 8.42 Å². The van der Waals surface area contributed by atoms with Gasteiger partial charge in [-0.1, -0.05) is 51.1 Å². The SMILES string of the molecule is CCc1ccc(N(CCCC(=O)N[C@@H]2CC(CC)(CC)Oc3ccccc32)S(C)(=O)=O)cc1. The van der Waals surface area contributed by atoms with Gasteiger partial charge < -0.3 is 10.1 Å². The Balaban J connectivity index is 1.65. The van der Waals surface area contributed by atoms with Gasteiger partial charge in [0.25, 0.3) is 0 Å². The maximum absolute atomic E-state index is 12.8. The molecule has 6 nitrogen and oxygen atoms in total. The molecule has 180 valence electrons. The summed E-state index contributed by atoms with van der Waals surface area (Å²) in [7, 11) is -3.44. The van der Waals surface area contributed by atoms with Crippen LogP contribution in [0, 0.1) is 0 Å². The molecule has 0 bridgehead atoms. The number of fused-ring (bicyclic) bond motifs is 1. The Kier molecular flexibility index (Phi) is 8.05. The first kappa shape index (κ1) is 25.1. The third-order valence-corrected chi connectivity index (χ3v) is 7.81. The van der Waals surface area contributed by atoms with Crippen LogP contribution in [0.25, 0.3) is 0 Å². The molecule has 1 aliphatic rings. The predicted octanol–water partition coefficient (Wildman–Crippen LogP) is 4.99. The standard InChI is InChI=1S/C26H36N2O4S/c1-5-20-14-16-21(17-15-20)28(33(4,30)31)18-10-13-25(29)27-23-19-26(6-2,7-3)32-24-12-9-8-11-22(23)24/h8-9,11-12,14-17,23H,5-7,10,13,18-19H2,1-4H3,(H,27,29)/t23-/m1/s1. The van der Waals surface area contributed by atoms with Gasteiger partial charge in [0, 0.05) is 24.9 Å². The van der Waals surface area contributed by atoms with E-state index in [2.05, 4.69) is 26.1 Å². The number of rotatable bonds is 10. The molecule has 0 saturated carbocycles. The zero-order chi connectivity index (χ0) is 24.1. The Morgan fingerprint density at radius 2 is 1.76 bits per heavy atom. The third-order valence-electron chi connectivity index (χ3n) is 6.62. The monoisotopic (exact) mass is 472 g/mol. The Morgan fingerprint density at radius 1 is 1.09 bits per heavy atom. The van der Waals surface area contributed by atoms with Crippen LogP contribution in [0.15, 0.2) is 48.5 Å². The van der Waals surface area contributed by atoms with Crippen molar-refractivity contribution in [1.29, 1.82) is 0 Å². The lowest BCUT2D eigenvalue weighted by atomic mass is 9.83. The van der Waals surface area contributed by atoms with Crippen molar-refractivity contribution >= 4 is 21.6 Å². The summed E-state index contributed by atoms with van der Waals surface area (Å²) >= 11 is 0. The van der Waals surface area contributed by atoms with Crippen LogP contribution in [0.3, 0.4) is 0 Å². The summed E-state index contributed by atoms with van der Waals surface area (Å²) in [6.45, 7) is 6.55. The fourth-order valence-corrected chi connectivity index (χ4v) is 5.43. The van der Waals surface area contributed by atoms with E-state index in [1.807, 2.05) is 48.5 Å². The minimum atomic E-state index is -3.44. The molecule has 1 aliphatic heterocycles. The summed E-state index contributed by atoms with van der Waals surface area (Å²) in [5, 5.41) is 3.18. The number of amides is 1. The van der Waals surface area contributed by atoms with Gasteiger partial charge in [0.05, 0.1) is 18.0 Å². The highest BCUT2D eigenvalue weighted by Gasteiger charge is 2.38. The number of nitrogens with zero attached hydrogens (tertiary/aromatic N) is 1. The summed E-state index contributed by atoms with van der Waals surface area (Å²) < 4.78 is 32.4. The van der Waals surface area contributed by atoms with Crippen LogP contribution in [0.4, 0.5) is 5.69 Å². The first-order chi connectivity index (χ1) is 15.7. The van der Waals surface area contributed by atoms with Crippen LogP contribution in [0.2, 0.25) is 0 Å². The van der Waals surface area contributed by atoms with Crippen LogP contribution in [-0.4, -0.2) is 32.7 Å². The summed E-state index contributed by atoms with van der Waals surface area (Å²) in [6, 6.07) is 15.3. The number of aryl methyl sites for hydroxylation is 1. The molecule has 2 aromatic carbocycles. The number of sulfonamides is 1. The van der Waals surface area contributed by atoms with E-state index in [-0.39, 0.29) is 30.5 Å². The summed E-state index contributed by atoms with van der Waals surface area (Å²) in [6.07, 6.45) is 5.24. The molecule has 0 fully saturated rings. The molecule has 1 heterocycles. The van der Waals surface area contributed by atoms with Gasteiger partial charge in [-0.2, -0.15) is 0 Å². The Morgan fingerprint density at radius 3 is 2.36 bits per heavy atom. The van der Waals surface area contributed by atoms with E-state index in [0.29, 0.717) is 12.1 Å². The second-order valence-corrected chi connectivity index (χ2v) is 10.7. The van der Waals surface area contributed by atoms with Crippen molar-refractivity contribution in [2.45, 2.75) is 70.9 Å². The molecule has 0 spiro atoms. The van der Waals surface area contributed by atoms with Crippen LogP contribution in [0.1, 0.15) is 70.0 Å². The van der Waals surface area contributed by atoms with Crippen LogP contribution in [0.5, 0.6) is 5.75 Å². The normalized spacial score (nSPS) is 17.0. The molecule has 0 aliphatic carbocycles. The average Bonchev–Trinajstić information content (AvgIpc) is 2.81. The van der Waals surface area contributed by atoms with Gasteiger partial charge in [-0.15, -0.1) is 0 Å². The van der Waals surface area contributed by atoms with Crippen molar-refractivity contribution in [2.75, 3.05) is 17.1 Å². The summed E-state index contributed by atoms with van der Waals surface area (Å²) in [5.74, 6) is 0.754. The first-order valence-electron chi connectivity index (χ1n) is 11.8. The molecule has 0 saturated heterocycles. The molecule has 1 atom stereocenters. The predicted molar refractivity (Wildman–Crippen MR) is 133 cm³/mol. The fraction of sp³-hybridized carbons (Fsp3) is 0.500. The smallest absolute Gasteiger partial charge is 0.232 e. The topological polar surface area (TPSA) is 75.7 Å². The average molecular weight is 473 g/mol. The highest BCUT2D eigenvalue weighted by atomic mass is 32.2. The van der Waals surface area contributed by atoms with E-state index in [1.54, 1.807) is 0 Å². The fourth-order valence-electron chi connectivity index (χ4n) is 4.46. The number of ether oxygens (including phenoxy) is 1. The van der Waals surface area contributed by atoms with Crippen molar-refractivity contribution in [3.05, 3.63) is 59.7 Å². The number of nitrogens with one attached hydrogen (secondary N) is 1. The molecule has 0 radical (unpaired) electrons. The molecule has 1 amide bonds. The van der Waals surface area contributed by atoms with E-state index in [9.17, 15) is 13.2 Å². The first-order valence-corrected chi connectivity index (χ1v) is 13.7. The molecule has 1 N–H and O–H groups in total. The number of benzene rings is 2. The Hall–Kier alpha value is -2.54. The Bertz CT molecular complexity index is 1050. The Labute approximate surface area is 198 Å². The van der Waals surface area contributed by atoms with E-state index in [4.69, 9.17) is 4.74 Å². The number of para-hydroxylation sites is 1. The van der Waals surface area contributed by atoms with Gasteiger partial charge >= 0.3 is 0 Å². The minimum absolute atomic E-state index is 0.0763. The minimum Gasteiger partial charge on any atom is -0.487 e. The van der Waals surface area contributed by atoms with Crippen LogP contribution < -0.4 is 14.4 Å². The second kappa shape index (κ2) is 10.6. The van der Waals surface area contributed by atoms with Gasteiger partial charge in [-0.05, 0) is 49.4 Å². The van der Waals surface area contributed by atoms with E-state index < -0.39 is 10.0 Å². The second-order valence-electron chi connectivity index (χ2n) is 8.81. The van der Waals surface area contributed by atoms with Crippen molar-refractivity contribution < 1.29 is 17.9 Å². The van der Waals surface area contributed by atoms with Gasteiger partial charge in [-0.3, -0.25) is 9.10 Å². The number of hydrogen-bond acceptors (Lipinski definition) is 4. The lowest BCUT2D eigenvalue weighted by Gasteiger charge is -2.41. The van der Waals surface area contributed by atoms with Gasteiger partial charge in [0.2, 0.25) is 15.9 Å². The number of carbonyl (C=O) groups excluding carboxylic acids is 1. The van der Waals surface area contributed by atoms with Crippen molar-refractivity contribution in [3.63, 3.8) is 0 Å².